The summed E-state index contributed by atoms with van der Waals surface area (Å²) >= 11 is 0. The van der Waals surface area contributed by atoms with Crippen molar-refractivity contribution < 1.29 is 9.21 Å². The van der Waals surface area contributed by atoms with Gasteiger partial charge < -0.3 is 15.5 Å². The van der Waals surface area contributed by atoms with Gasteiger partial charge in [-0.25, -0.2) is 0 Å². The Kier molecular flexibility index (Phi) is 5.39. The van der Waals surface area contributed by atoms with Crippen LogP contribution >= 0.6 is 12.4 Å². The van der Waals surface area contributed by atoms with Gasteiger partial charge in [-0.15, -0.1) is 12.4 Å². The lowest BCUT2D eigenvalue weighted by atomic mass is 10.1. The van der Waals surface area contributed by atoms with E-state index in [9.17, 15) is 4.79 Å². The van der Waals surface area contributed by atoms with E-state index in [1.807, 2.05) is 38.1 Å². The van der Waals surface area contributed by atoms with Gasteiger partial charge in [-0.05, 0) is 18.1 Å². The van der Waals surface area contributed by atoms with Crippen LogP contribution in [0.3, 0.4) is 0 Å². The van der Waals surface area contributed by atoms with E-state index in [-0.39, 0.29) is 24.4 Å². The molecule has 0 aliphatic rings. The third kappa shape index (κ3) is 3.72. The van der Waals surface area contributed by atoms with Gasteiger partial charge in [-0.1, -0.05) is 32.0 Å². The highest BCUT2D eigenvalue weighted by Crippen LogP contribution is 2.18. The van der Waals surface area contributed by atoms with Crippen molar-refractivity contribution in [2.75, 3.05) is 6.54 Å². The Balaban J connectivity index is 0.00000180. The summed E-state index contributed by atoms with van der Waals surface area (Å²) in [5.74, 6) is 0.440. The van der Waals surface area contributed by atoms with Crippen molar-refractivity contribution in [2.24, 2.45) is 11.7 Å². The number of fused-ring (bicyclic) bond motifs is 1. The maximum Gasteiger partial charge on any atom is 0.287 e. The maximum absolute atomic E-state index is 11.9. The predicted octanol–water partition coefficient (Wildman–Crippen LogP) is 2.57. The molecule has 1 aromatic heterocycles. The topological polar surface area (TPSA) is 68.3 Å². The largest absolute Gasteiger partial charge is 0.451 e. The molecule has 0 aliphatic heterocycles. The molecule has 3 N–H and O–H groups in total. The van der Waals surface area contributed by atoms with Crippen molar-refractivity contribution in [3.63, 3.8) is 0 Å². The van der Waals surface area contributed by atoms with Gasteiger partial charge >= 0.3 is 0 Å². The summed E-state index contributed by atoms with van der Waals surface area (Å²) in [7, 11) is 0. The van der Waals surface area contributed by atoms with Gasteiger partial charge in [0.15, 0.2) is 5.76 Å². The molecule has 0 aliphatic carbocycles. The van der Waals surface area contributed by atoms with E-state index in [2.05, 4.69) is 5.32 Å². The number of carbonyl (C=O) groups is 1. The fraction of sp³-hybridized carbons (Fsp3) is 0.357. The lowest BCUT2D eigenvalue weighted by molar-refractivity contribution is 0.0923. The van der Waals surface area contributed by atoms with Crippen molar-refractivity contribution in [3.05, 3.63) is 36.1 Å². The third-order valence-corrected chi connectivity index (χ3v) is 3.00. The number of amides is 1. The zero-order chi connectivity index (χ0) is 13.1. The second-order valence-corrected chi connectivity index (χ2v) is 4.77. The van der Waals surface area contributed by atoms with Crippen LogP contribution in [0.15, 0.2) is 34.7 Å². The van der Waals surface area contributed by atoms with E-state index in [0.29, 0.717) is 18.2 Å². The average Bonchev–Trinajstić information content (AvgIpc) is 2.79. The van der Waals surface area contributed by atoms with Crippen LogP contribution < -0.4 is 11.1 Å². The molecule has 2 rings (SSSR count). The molecule has 2 aromatic rings. The SMILES string of the molecule is CC(C)[C@H](N)CNC(=O)c1cc2ccccc2o1.Cl. The lowest BCUT2D eigenvalue weighted by Gasteiger charge is -2.15. The molecule has 0 unspecified atom stereocenters. The fourth-order valence-electron chi connectivity index (χ4n) is 1.63. The molecule has 0 fully saturated rings. The molecule has 0 saturated heterocycles. The lowest BCUT2D eigenvalue weighted by Crippen LogP contribution is -2.40. The number of carbonyl (C=O) groups excluding carboxylic acids is 1. The zero-order valence-corrected chi connectivity index (χ0v) is 11.9. The normalized spacial score (nSPS) is 12.2. The molecule has 0 bridgehead atoms. The standard InChI is InChI=1S/C14H18N2O2.ClH/c1-9(2)11(15)8-16-14(17)13-7-10-5-3-4-6-12(10)18-13;/h3-7,9,11H,8,15H2,1-2H3,(H,16,17);1H/t11-;/m1./s1. The Morgan fingerprint density at radius 2 is 2.05 bits per heavy atom. The molecule has 1 aromatic carbocycles. The molecule has 1 heterocycles. The Hall–Kier alpha value is -1.52. The highest BCUT2D eigenvalue weighted by Gasteiger charge is 2.14. The number of hydrogen-bond donors (Lipinski definition) is 2. The molecule has 4 nitrogen and oxygen atoms in total. The van der Waals surface area contributed by atoms with E-state index in [1.54, 1.807) is 6.07 Å². The summed E-state index contributed by atoms with van der Waals surface area (Å²) in [4.78, 5) is 11.9. The number of nitrogens with one attached hydrogen (secondary N) is 1. The van der Waals surface area contributed by atoms with E-state index in [4.69, 9.17) is 10.2 Å². The van der Waals surface area contributed by atoms with Crippen molar-refractivity contribution in [3.8, 4) is 0 Å². The van der Waals surface area contributed by atoms with Crippen molar-refractivity contribution in [2.45, 2.75) is 19.9 Å². The minimum Gasteiger partial charge on any atom is -0.451 e. The van der Waals surface area contributed by atoms with Crippen LogP contribution in [0, 0.1) is 5.92 Å². The number of nitrogens with two attached hydrogens (primary N) is 1. The maximum atomic E-state index is 11.9. The van der Waals surface area contributed by atoms with Gasteiger partial charge in [0.2, 0.25) is 0 Å². The first-order chi connectivity index (χ1) is 8.58. The Bertz CT molecular complexity index is 518. The molecule has 104 valence electrons. The minimum atomic E-state index is -0.220. The van der Waals surface area contributed by atoms with Crippen LogP contribution in [0.5, 0.6) is 0 Å². The van der Waals surface area contributed by atoms with E-state index in [1.165, 1.54) is 0 Å². The van der Waals surface area contributed by atoms with Gasteiger partial charge in [0, 0.05) is 18.0 Å². The Morgan fingerprint density at radius 3 is 2.68 bits per heavy atom. The van der Waals surface area contributed by atoms with Gasteiger partial charge in [-0.2, -0.15) is 0 Å². The van der Waals surface area contributed by atoms with Gasteiger partial charge in [0.05, 0.1) is 0 Å². The van der Waals surface area contributed by atoms with E-state index >= 15 is 0 Å². The van der Waals surface area contributed by atoms with Crippen molar-refractivity contribution in [1.29, 1.82) is 0 Å². The predicted molar refractivity (Wildman–Crippen MR) is 78.6 cm³/mol. The Labute approximate surface area is 118 Å². The molecule has 19 heavy (non-hydrogen) atoms. The molecular formula is C14H19ClN2O2. The van der Waals surface area contributed by atoms with E-state index in [0.717, 1.165) is 11.0 Å². The first kappa shape index (κ1) is 15.5. The van der Waals surface area contributed by atoms with Crippen LogP contribution in [0.2, 0.25) is 0 Å². The molecule has 1 amide bonds. The molecule has 0 spiro atoms. The van der Waals surface area contributed by atoms with Crippen LogP contribution in [0.4, 0.5) is 0 Å². The van der Waals surface area contributed by atoms with Gasteiger partial charge in [0.25, 0.3) is 5.91 Å². The van der Waals surface area contributed by atoms with Crippen LogP contribution in [-0.2, 0) is 0 Å². The number of benzene rings is 1. The molecule has 1 atom stereocenters. The average molecular weight is 283 g/mol. The number of rotatable bonds is 4. The quantitative estimate of drug-likeness (QED) is 0.905. The molecule has 0 radical (unpaired) electrons. The summed E-state index contributed by atoms with van der Waals surface area (Å²) in [6.07, 6.45) is 0. The van der Waals surface area contributed by atoms with Crippen LogP contribution in [0.1, 0.15) is 24.4 Å². The number of para-hydroxylation sites is 1. The fourth-order valence-corrected chi connectivity index (χ4v) is 1.63. The summed E-state index contributed by atoms with van der Waals surface area (Å²) in [5.41, 5.74) is 6.59. The third-order valence-electron chi connectivity index (χ3n) is 3.00. The highest BCUT2D eigenvalue weighted by atomic mass is 35.5. The van der Waals surface area contributed by atoms with Gasteiger partial charge in [0.1, 0.15) is 5.58 Å². The number of hydrogen-bond acceptors (Lipinski definition) is 3. The molecule has 5 heteroatoms. The smallest absolute Gasteiger partial charge is 0.287 e. The van der Waals surface area contributed by atoms with Crippen molar-refractivity contribution in [1.82, 2.24) is 5.32 Å². The Morgan fingerprint density at radius 1 is 1.37 bits per heavy atom. The second kappa shape index (κ2) is 6.59. The second-order valence-electron chi connectivity index (χ2n) is 4.77. The number of halogens is 1. The van der Waals surface area contributed by atoms with Crippen LogP contribution in [-0.4, -0.2) is 18.5 Å². The highest BCUT2D eigenvalue weighted by molar-refractivity contribution is 5.96. The summed E-state index contributed by atoms with van der Waals surface area (Å²) in [6.45, 7) is 4.50. The summed E-state index contributed by atoms with van der Waals surface area (Å²) < 4.78 is 5.47. The molecule has 0 saturated carbocycles. The van der Waals surface area contributed by atoms with Crippen LogP contribution in [0.25, 0.3) is 11.0 Å². The minimum absolute atomic E-state index is 0. The molecular weight excluding hydrogens is 264 g/mol. The van der Waals surface area contributed by atoms with E-state index < -0.39 is 0 Å². The first-order valence-corrected chi connectivity index (χ1v) is 6.10. The number of furan rings is 1. The van der Waals surface area contributed by atoms with Gasteiger partial charge in [-0.3, -0.25) is 4.79 Å². The van der Waals surface area contributed by atoms with Crippen molar-refractivity contribution >= 4 is 29.3 Å². The summed E-state index contributed by atoms with van der Waals surface area (Å²) in [6, 6.07) is 9.24. The monoisotopic (exact) mass is 282 g/mol. The summed E-state index contributed by atoms with van der Waals surface area (Å²) in [5, 5.41) is 3.71. The first-order valence-electron chi connectivity index (χ1n) is 6.10. The zero-order valence-electron chi connectivity index (χ0n) is 11.1.